The van der Waals surface area contributed by atoms with Gasteiger partial charge in [0.05, 0.1) is 26.6 Å². The highest BCUT2D eigenvalue weighted by atomic mass is 79.9. The van der Waals surface area contributed by atoms with E-state index in [4.69, 9.17) is 9.47 Å². The Morgan fingerprint density at radius 2 is 1.95 bits per heavy atom. The monoisotopic (exact) mass is 648 g/mol. The number of fused-ring (bicyclic) bond motifs is 1. The van der Waals surface area contributed by atoms with Crippen molar-refractivity contribution in [1.82, 2.24) is 9.88 Å². The first-order chi connectivity index (χ1) is 20.3. The first kappa shape index (κ1) is 29.1. The maximum atomic E-state index is 13.6. The van der Waals surface area contributed by atoms with Crippen LogP contribution in [-0.2, 0) is 20.7 Å². The molecule has 42 heavy (non-hydrogen) atoms. The van der Waals surface area contributed by atoms with Crippen molar-refractivity contribution < 1.29 is 24.0 Å². The minimum atomic E-state index is -0.468. The highest BCUT2D eigenvalue weighted by Crippen LogP contribution is 2.36. The number of hydrogen-bond acceptors (Lipinski definition) is 8. The summed E-state index contributed by atoms with van der Waals surface area (Å²) in [5.41, 5.74) is 3.31. The number of hydrogen-bond donors (Lipinski definition) is 1. The molecule has 1 N–H and O–H groups in total. The van der Waals surface area contributed by atoms with Crippen LogP contribution in [0.25, 0.3) is 17.0 Å². The zero-order chi connectivity index (χ0) is 29.6. The second-order valence-corrected chi connectivity index (χ2v) is 11.0. The molecule has 0 saturated carbocycles. The van der Waals surface area contributed by atoms with Crippen LogP contribution in [0, 0.1) is 10.1 Å². The van der Waals surface area contributed by atoms with Gasteiger partial charge in [0, 0.05) is 35.8 Å². The van der Waals surface area contributed by atoms with E-state index in [2.05, 4.69) is 25.9 Å². The maximum absolute atomic E-state index is 13.6. The fourth-order valence-electron chi connectivity index (χ4n) is 4.33. The van der Waals surface area contributed by atoms with Crippen LogP contribution in [0.5, 0.6) is 5.75 Å². The minimum absolute atomic E-state index is 0.0360. The number of aromatic amines is 1. The molecule has 1 aromatic heterocycles. The SMILES string of the molecule is CCOC(=O)COc1ccc(/C=C2\SC(=Nc3ccc([N+](=O)[O-])cc3)N(CCc3c[nH]c4ccccc34)C2=O)cc1Br. The fraction of sp³-hybridized carbons (Fsp3) is 0.167. The Balaban J connectivity index is 1.40. The van der Waals surface area contributed by atoms with Crippen molar-refractivity contribution in [2.24, 2.45) is 4.99 Å². The van der Waals surface area contributed by atoms with Gasteiger partial charge in [-0.3, -0.25) is 19.8 Å². The van der Waals surface area contributed by atoms with E-state index in [0.717, 1.165) is 22.0 Å². The number of benzene rings is 3. The summed E-state index contributed by atoms with van der Waals surface area (Å²) in [4.78, 5) is 45.9. The van der Waals surface area contributed by atoms with Gasteiger partial charge in [-0.05, 0) is 88.6 Å². The summed E-state index contributed by atoms with van der Waals surface area (Å²) in [5.74, 6) is -0.188. The van der Waals surface area contributed by atoms with E-state index < -0.39 is 10.9 Å². The minimum Gasteiger partial charge on any atom is -0.481 e. The molecular formula is C30H25BrN4O6S. The lowest BCUT2D eigenvalue weighted by Crippen LogP contribution is -2.31. The fourth-order valence-corrected chi connectivity index (χ4v) is 5.87. The molecule has 1 saturated heterocycles. The molecule has 0 bridgehead atoms. The molecule has 1 aliphatic rings. The number of carbonyl (C=O) groups excluding carboxylic acids is 2. The molecule has 4 aromatic rings. The predicted molar refractivity (Wildman–Crippen MR) is 166 cm³/mol. The van der Waals surface area contributed by atoms with E-state index >= 15 is 0 Å². The molecular weight excluding hydrogens is 624 g/mol. The van der Waals surface area contributed by atoms with E-state index in [-0.39, 0.29) is 24.8 Å². The van der Waals surface area contributed by atoms with Gasteiger partial charge in [0.2, 0.25) is 0 Å². The summed E-state index contributed by atoms with van der Waals surface area (Å²) < 4.78 is 11.0. The van der Waals surface area contributed by atoms with Crippen LogP contribution in [0.4, 0.5) is 11.4 Å². The van der Waals surface area contributed by atoms with Gasteiger partial charge in [0.25, 0.3) is 11.6 Å². The molecule has 214 valence electrons. The van der Waals surface area contributed by atoms with Crippen molar-refractivity contribution in [3.05, 3.63) is 104 Å². The number of aliphatic imine (C=N–C) groups is 1. The van der Waals surface area contributed by atoms with Gasteiger partial charge in [-0.15, -0.1) is 0 Å². The van der Waals surface area contributed by atoms with Crippen molar-refractivity contribution in [2.75, 3.05) is 19.8 Å². The number of para-hydroxylation sites is 1. The molecule has 1 amide bonds. The van der Waals surface area contributed by atoms with E-state index in [1.165, 1.54) is 23.9 Å². The number of rotatable bonds is 10. The molecule has 2 heterocycles. The van der Waals surface area contributed by atoms with E-state index in [1.807, 2.05) is 30.5 Å². The smallest absolute Gasteiger partial charge is 0.344 e. The normalized spacial score (nSPS) is 15.1. The van der Waals surface area contributed by atoms with Gasteiger partial charge >= 0.3 is 5.97 Å². The lowest BCUT2D eigenvalue weighted by molar-refractivity contribution is -0.384. The first-order valence-electron chi connectivity index (χ1n) is 13.0. The summed E-state index contributed by atoms with van der Waals surface area (Å²) in [6, 6.07) is 19.2. The van der Waals surface area contributed by atoms with Crippen molar-refractivity contribution >= 4 is 73.1 Å². The van der Waals surface area contributed by atoms with Crippen molar-refractivity contribution in [3.63, 3.8) is 0 Å². The number of esters is 1. The lowest BCUT2D eigenvalue weighted by atomic mass is 10.1. The molecule has 0 spiro atoms. The molecule has 1 fully saturated rings. The molecule has 3 aromatic carbocycles. The van der Waals surface area contributed by atoms with Crippen LogP contribution in [-0.4, -0.2) is 51.6 Å². The van der Waals surface area contributed by atoms with Crippen molar-refractivity contribution in [1.29, 1.82) is 0 Å². The molecule has 10 nitrogen and oxygen atoms in total. The highest BCUT2D eigenvalue weighted by Gasteiger charge is 2.33. The quantitative estimate of drug-likeness (QED) is 0.0885. The molecule has 0 atom stereocenters. The largest absolute Gasteiger partial charge is 0.481 e. The van der Waals surface area contributed by atoms with Crippen LogP contribution in [0.1, 0.15) is 18.1 Å². The number of aromatic nitrogens is 1. The summed E-state index contributed by atoms with van der Waals surface area (Å²) in [6.45, 7) is 2.18. The van der Waals surface area contributed by atoms with E-state index in [9.17, 15) is 19.7 Å². The zero-order valence-corrected chi connectivity index (χ0v) is 24.8. The lowest BCUT2D eigenvalue weighted by Gasteiger charge is -2.15. The number of nitrogens with zero attached hydrogens (tertiary/aromatic N) is 3. The molecule has 12 heteroatoms. The van der Waals surface area contributed by atoms with E-state index in [1.54, 1.807) is 48.2 Å². The van der Waals surface area contributed by atoms with Crippen molar-refractivity contribution in [3.8, 4) is 5.75 Å². The van der Waals surface area contributed by atoms with Crippen LogP contribution in [0.15, 0.2) is 87.3 Å². The van der Waals surface area contributed by atoms with Gasteiger partial charge in [-0.25, -0.2) is 9.79 Å². The number of thioether (sulfide) groups is 1. The number of halogens is 1. The Morgan fingerprint density at radius 3 is 2.69 bits per heavy atom. The Hall–Kier alpha value is -4.42. The Kier molecular flexibility index (Phi) is 9.03. The number of non-ortho nitro benzene ring substituents is 1. The molecule has 0 radical (unpaired) electrons. The van der Waals surface area contributed by atoms with Gasteiger partial charge in [-0.2, -0.15) is 0 Å². The number of ether oxygens (including phenoxy) is 2. The third-order valence-electron chi connectivity index (χ3n) is 6.36. The first-order valence-corrected chi connectivity index (χ1v) is 14.6. The van der Waals surface area contributed by atoms with Gasteiger partial charge < -0.3 is 14.5 Å². The Labute approximate surface area is 253 Å². The number of nitro benzene ring substituents is 1. The summed E-state index contributed by atoms with van der Waals surface area (Å²) in [5, 5.41) is 12.6. The van der Waals surface area contributed by atoms with Gasteiger partial charge in [0.15, 0.2) is 11.8 Å². The van der Waals surface area contributed by atoms with Crippen LogP contribution in [0.2, 0.25) is 0 Å². The summed E-state index contributed by atoms with van der Waals surface area (Å²) >= 11 is 4.70. The molecule has 1 aliphatic heterocycles. The second-order valence-electron chi connectivity index (χ2n) is 9.13. The average molecular weight is 650 g/mol. The Morgan fingerprint density at radius 1 is 1.17 bits per heavy atom. The number of nitrogens with one attached hydrogen (secondary N) is 1. The van der Waals surface area contributed by atoms with Crippen LogP contribution >= 0.6 is 27.7 Å². The third kappa shape index (κ3) is 6.72. The summed E-state index contributed by atoms with van der Waals surface area (Å²) in [7, 11) is 0. The van der Waals surface area contributed by atoms with Gasteiger partial charge in [0.1, 0.15) is 5.75 Å². The number of carbonyl (C=O) groups is 2. The van der Waals surface area contributed by atoms with Crippen LogP contribution < -0.4 is 4.74 Å². The standard InChI is InChI=1S/C30H25BrN4O6S/c1-2-40-28(36)18-41-26-12-7-19(15-24(26)31)16-27-29(37)34(14-13-20-17-32-25-6-4-3-5-23(20)25)30(42-27)33-21-8-10-22(11-9-21)35(38)39/h3-12,15-17,32H,2,13-14,18H2,1H3/b27-16-,33-30?. The average Bonchev–Trinajstić information content (AvgIpc) is 3.52. The highest BCUT2D eigenvalue weighted by molar-refractivity contribution is 9.10. The zero-order valence-electron chi connectivity index (χ0n) is 22.4. The molecule has 5 rings (SSSR count). The topological polar surface area (TPSA) is 127 Å². The maximum Gasteiger partial charge on any atom is 0.344 e. The summed E-state index contributed by atoms with van der Waals surface area (Å²) in [6.07, 6.45) is 4.32. The van der Waals surface area contributed by atoms with Crippen molar-refractivity contribution in [2.45, 2.75) is 13.3 Å². The number of amides is 1. The molecule has 0 unspecified atom stereocenters. The predicted octanol–water partition coefficient (Wildman–Crippen LogP) is 6.63. The number of nitro groups is 1. The Bertz CT molecular complexity index is 1720. The van der Waals surface area contributed by atoms with Crippen LogP contribution in [0.3, 0.4) is 0 Å². The number of H-pyrrole nitrogens is 1. The second kappa shape index (κ2) is 13.0. The molecule has 0 aliphatic carbocycles. The van der Waals surface area contributed by atoms with Gasteiger partial charge in [-0.1, -0.05) is 24.3 Å². The number of amidine groups is 1. The third-order valence-corrected chi connectivity index (χ3v) is 7.98. The van der Waals surface area contributed by atoms with E-state index in [0.29, 0.717) is 38.9 Å².